The summed E-state index contributed by atoms with van der Waals surface area (Å²) in [4.78, 5) is 12.1. The molecule has 7 heteroatoms. The van der Waals surface area contributed by atoms with Crippen LogP contribution in [0.25, 0.3) is 0 Å². The van der Waals surface area contributed by atoms with Crippen LogP contribution in [0.2, 0.25) is 0 Å². The molecule has 25 heavy (non-hydrogen) atoms. The first kappa shape index (κ1) is 17.4. The Kier molecular flexibility index (Phi) is 5.06. The molecule has 1 aliphatic heterocycles. The first-order valence-corrected chi connectivity index (χ1v) is 9.58. The highest BCUT2D eigenvalue weighted by atomic mass is 32.2. The second kappa shape index (κ2) is 7.25. The Balaban J connectivity index is 1.95. The summed E-state index contributed by atoms with van der Waals surface area (Å²) in [5.74, 6) is -0.412. The molecule has 2 aromatic carbocycles. The van der Waals surface area contributed by atoms with Crippen LogP contribution in [-0.2, 0) is 16.4 Å². The van der Waals surface area contributed by atoms with E-state index in [0.29, 0.717) is 12.2 Å². The molecule has 0 fully saturated rings. The minimum absolute atomic E-state index is 0.0841. The third kappa shape index (κ3) is 3.52. The molecule has 2 N–H and O–H groups in total. The highest BCUT2D eigenvalue weighted by Gasteiger charge is 2.29. The molecule has 0 saturated carbocycles. The van der Waals surface area contributed by atoms with Crippen molar-refractivity contribution < 1.29 is 18.3 Å². The van der Waals surface area contributed by atoms with Crippen LogP contribution < -0.4 is 9.62 Å². The van der Waals surface area contributed by atoms with Gasteiger partial charge in [-0.05, 0) is 42.7 Å². The maximum atomic E-state index is 13.1. The number of carbonyl (C=O) groups is 1. The maximum absolute atomic E-state index is 13.1. The topological polar surface area (TPSA) is 86.7 Å². The number of hydrogen-bond acceptors (Lipinski definition) is 4. The average Bonchev–Trinajstić information content (AvgIpc) is 2.65. The summed E-state index contributed by atoms with van der Waals surface area (Å²) in [5, 5.41) is 11.3. The van der Waals surface area contributed by atoms with Gasteiger partial charge < -0.3 is 10.4 Å². The summed E-state index contributed by atoms with van der Waals surface area (Å²) in [6.07, 6.45) is 1.61. The Morgan fingerprint density at radius 2 is 1.96 bits per heavy atom. The lowest BCUT2D eigenvalue weighted by atomic mass is 10.0. The number of carbonyl (C=O) groups excluding carboxylic acids is 1. The van der Waals surface area contributed by atoms with E-state index in [9.17, 15) is 13.2 Å². The van der Waals surface area contributed by atoms with Crippen LogP contribution in [-0.4, -0.2) is 39.1 Å². The Hall–Kier alpha value is -2.38. The van der Waals surface area contributed by atoms with Gasteiger partial charge in [-0.1, -0.05) is 24.3 Å². The van der Waals surface area contributed by atoms with Crippen LogP contribution in [0, 0.1) is 0 Å². The average molecular weight is 360 g/mol. The van der Waals surface area contributed by atoms with E-state index in [-0.39, 0.29) is 23.6 Å². The molecule has 2 aromatic rings. The lowest BCUT2D eigenvalue weighted by molar-refractivity contribution is 0.0944. The lowest BCUT2D eigenvalue weighted by Crippen LogP contribution is -2.35. The van der Waals surface area contributed by atoms with Crippen molar-refractivity contribution in [2.75, 3.05) is 24.0 Å². The number of para-hydroxylation sites is 1. The fraction of sp³-hybridized carbons (Fsp3) is 0.278. The van der Waals surface area contributed by atoms with E-state index in [2.05, 4.69) is 5.32 Å². The number of nitrogens with one attached hydrogen (secondary N) is 1. The van der Waals surface area contributed by atoms with Crippen molar-refractivity contribution in [1.29, 1.82) is 0 Å². The highest BCUT2D eigenvalue weighted by molar-refractivity contribution is 7.92. The van der Waals surface area contributed by atoms with E-state index in [4.69, 9.17) is 5.11 Å². The van der Waals surface area contributed by atoms with Crippen molar-refractivity contribution in [3.63, 3.8) is 0 Å². The smallest absolute Gasteiger partial charge is 0.264 e. The zero-order valence-electron chi connectivity index (χ0n) is 13.7. The van der Waals surface area contributed by atoms with E-state index in [1.54, 1.807) is 12.1 Å². The van der Waals surface area contributed by atoms with Crippen molar-refractivity contribution in [3.8, 4) is 0 Å². The summed E-state index contributed by atoms with van der Waals surface area (Å²) in [6, 6.07) is 13.5. The second-order valence-electron chi connectivity index (χ2n) is 5.82. The summed E-state index contributed by atoms with van der Waals surface area (Å²) < 4.78 is 27.6. The molecule has 0 radical (unpaired) electrons. The van der Waals surface area contributed by atoms with Crippen molar-refractivity contribution in [2.24, 2.45) is 0 Å². The Labute approximate surface area is 147 Å². The number of aliphatic hydroxyl groups excluding tert-OH is 1. The third-order valence-corrected chi connectivity index (χ3v) is 5.96. The maximum Gasteiger partial charge on any atom is 0.264 e. The van der Waals surface area contributed by atoms with Gasteiger partial charge in [-0.15, -0.1) is 0 Å². The minimum Gasteiger partial charge on any atom is -0.395 e. The number of amides is 1. The summed E-state index contributed by atoms with van der Waals surface area (Å²) in [7, 11) is -3.75. The number of anilines is 1. The molecule has 0 aliphatic carbocycles. The molecule has 1 aliphatic rings. The van der Waals surface area contributed by atoms with Gasteiger partial charge in [0.05, 0.1) is 17.2 Å². The predicted molar refractivity (Wildman–Crippen MR) is 95.2 cm³/mol. The van der Waals surface area contributed by atoms with E-state index < -0.39 is 15.9 Å². The molecule has 1 amide bonds. The second-order valence-corrected chi connectivity index (χ2v) is 7.68. The Bertz CT molecular complexity index is 880. The monoisotopic (exact) mass is 360 g/mol. The van der Waals surface area contributed by atoms with Gasteiger partial charge in [0.2, 0.25) is 0 Å². The molecular formula is C18H20N2O4S. The van der Waals surface area contributed by atoms with E-state index in [1.165, 1.54) is 16.4 Å². The Morgan fingerprint density at radius 3 is 2.76 bits per heavy atom. The van der Waals surface area contributed by atoms with Gasteiger partial charge in [0.15, 0.2) is 0 Å². The van der Waals surface area contributed by atoms with Gasteiger partial charge in [0, 0.05) is 18.7 Å². The third-order valence-electron chi connectivity index (χ3n) is 4.15. The van der Waals surface area contributed by atoms with Crippen molar-refractivity contribution in [2.45, 2.75) is 17.7 Å². The van der Waals surface area contributed by atoms with E-state index in [0.717, 1.165) is 18.4 Å². The number of nitrogens with zero attached hydrogens (tertiary/aromatic N) is 1. The molecule has 132 valence electrons. The Morgan fingerprint density at radius 1 is 1.16 bits per heavy atom. The number of benzene rings is 2. The summed E-state index contributed by atoms with van der Waals surface area (Å²) in [5.41, 5.74) is 1.96. The quantitative estimate of drug-likeness (QED) is 0.847. The van der Waals surface area contributed by atoms with Crippen molar-refractivity contribution >= 4 is 21.6 Å². The highest BCUT2D eigenvalue weighted by Crippen LogP contribution is 2.31. The zero-order valence-corrected chi connectivity index (χ0v) is 14.5. The molecule has 0 atom stereocenters. The SMILES string of the molecule is O=C(NCCO)c1cccc(S(=O)(=O)N2CCCc3ccccc32)c1. The van der Waals surface area contributed by atoms with Crippen molar-refractivity contribution in [3.05, 3.63) is 59.7 Å². The van der Waals surface area contributed by atoms with Crippen LogP contribution in [0.5, 0.6) is 0 Å². The number of rotatable bonds is 5. The molecule has 0 saturated heterocycles. The first-order chi connectivity index (χ1) is 12.0. The van der Waals surface area contributed by atoms with Crippen LogP contribution in [0.1, 0.15) is 22.3 Å². The van der Waals surface area contributed by atoms with E-state index in [1.807, 2.05) is 24.3 Å². The molecule has 0 spiro atoms. The number of fused-ring (bicyclic) bond motifs is 1. The fourth-order valence-corrected chi connectivity index (χ4v) is 4.53. The molecule has 3 rings (SSSR count). The summed E-state index contributed by atoms with van der Waals surface area (Å²) >= 11 is 0. The van der Waals surface area contributed by atoms with Crippen molar-refractivity contribution in [1.82, 2.24) is 5.32 Å². The van der Waals surface area contributed by atoms with Crippen LogP contribution in [0.4, 0.5) is 5.69 Å². The normalized spacial score (nSPS) is 14.0. The first-order valence-electron chi connectivity index (χ1n) is 8.14. The number of hydrogen-bond donors (Lipinski definition) is 2. The fourth-order valence-electron chi connectivity index (χ4n) is 2.95. The molecule has 0 aromatic heterocycles. The molecule has 0 bridgehead atoms. The van der Waals surface area contributed by atoms with Crippen LogP contribution in [0.15, 0.2) is 53.4 Å². The largest absolute Gasteiger partial charge is 0.395 e. The van der Waals surface area contributed by atoms with Gasteiger partial charge in [-0.3, -0.25) is 9.10 Å². The molecular weight excluding hydrogens is 340 g/mol. The standard InChI is InChI=1S/C18H20N2O4S/c21-12-10-19-18(22)15-6-3-8-16(13-15)25(23,24)20-11-4-7-14-5-1-2-9-17(14)20/h1-3,5-6,8-9,13,21H,4,7,10-12H2,(H,19,22). The molecule has 6 nitrogen and oxygen atoms in total. The lowest BCUT2D eigenvalue weighted by Gasteiger charge is -2.30. The van der Waals surface area contributed by atoms with Crippen LogP contribution in [0.3, 0.4) is 0 Å². The minimum atomic E-state index is -3.75. The summed E-state index contributed by atoms with van der Waals surface area (Å²) in [6.45, 7) is 0.365. The predicted octanol–water partition coefficient (Wildman–Crippen LogP) is 1.55. The number of aliphatic hydroxyl groups is 1. The zero-order chi connectivity index (χ0) is 17.9. The molecule has 0 unspecified atom stereocenters. The van der Waals surface area contributed by atoms with Crippen LogP contribution >= 0.6 is 0 Å². The molecule has 1 heterocycles. The number of sulfonamides is 1. The van der Waals surface area contributed by atoms with Gasteiger partial charge in [0.1, 0.15) is 0 Å². The van der Waals surface area contributed by atoms with Gasteiger partial charge in [-0.2, -0.15) is 0 Å². The van der Waals surface area contributed by atoms with Gasteiger partial charge in [0.25, 0.3) is 15.9 Å². The van der Waals surface area contributed by atoms with Gasteiger partial charge >= 0.3 is 0 Å². The van der Waals surface area contributed by atoms with E-state index >= 15 is 0 Å². The number of aryl methyl sites for hydroxylation is 1. The van der Waals surface area contributed by atoms with Gasteiger partial charge in [-0.25, -0.2) is 8.42 Å².